The van der Waals surface area contributed by atoms with Crippen LogP contribution in [0.1, 0.15) is 13.8 Å². The van der Waals surface area contributed by atoms with Gasteiger partial charge in [-0.3, -0.25) is 9.47 Å². The predicted molar refractivity (Wildman–Crippen MR) is 133 cm³/mol. The van der Waals surface area contributed by atoms with E-state index in [1.54, 1.807) is 36.3 Å². The van der Waals surface area contributed by atoms with Crippen molar-refractivity contribution in [3.8, 4) is 11.6 Å². The number of rotatable bonds is 6. The fourth-order valence-corrected chi connectivity index (χ4v) is 4.67. The standard InChI is InChI=1S/C25H27FN6O4/c1-25(2)14-30(8-9-32(25)24(33)34)18-13-17(26)12-16-4-5-20(29-21(16)18)31-15-28-22-19(36-11-10-35-3)6-7-27-23(22)31/h4-7,12-13,15H,8-11,14H2,1-3H3,(H,33,34). The van der Waals surface area contributed by atoms with Gasteiger partial charge in [0.15, 0.2) is 5.65 Å². The molecule has 0 unspecified atom stereocenters. The Kier molecular flexibility index (Phi) is 6.09. The number of piperazine rings is 1. The third-order valence-corrected chi connectivity index (χ3v) is 6.39. The van der Waals surface area contributed by atoms with E-state index in [1.807, 2.05) is 24.8 Å². The molecule has 4 aromatic rings. The van der Waals surface area contributed by atoms with Gasteiger partial charge in [0.25, 0.3) is 0 Å². The van der Waals surface area contributed by atoms with Gasteiger partial charge in [0.1, 0.15) is 35.8 Å². The molecule has 0 radical (unpaired) electrons. The second-order valence-corrected chi connectivity index (χ2v) is 9.27. The van der Waals surface area contributed by atoms with Crippen molar-refractivity contribution in [3.05, 3.63) is 48.7 Å². The number of fused-ring (bicyclic) bond motifs is 2. The van der Waals surface area contributed by atoms with Gasteiger partial charge >= 0.3 is 6.09 Å². The Hall–Kier alpha value is -3.99. The maximum atomic E-state index is 14.6. The Labute approximate surface area is 206 Å². The summed E-state index contributed by atoms with van der Waals surface area (Å²) in [6.45, 7) is 5.71. The maximum Gasteiger partial charge on any atom is 0.407 e. The molecule has 1 amide bonds. The van der Waals surface area contributed by atoms with Gasteiger partial charge in [0, 0.05) is 44.4 Å². The monoisotopic (exact) mass is 494 g/mol. The van der Waals surface area contributed by atoms with E-state index in [0.717, 1.165) is 0 Å². The van der Waals surface area contributed by atoms with Gasteiger partial charge in [-0.15, -0.1) is 0 Å². The zero-order valence-electron chi connectivity index (χ0n) is 20.3. The number of carbonyl (C=O) groups is 1. The summed E-state index contributed by atoms with van der Waals surface area (Å²) in [4.78, 5) is 28.9. The summed E-state index contributed by atoms with van der Waals surface area (Å²) < 4.78 is 27.2. The highest BCUT2D eigenvalue weighted by Gasteiger charge is 2.37. The third-order valence-electron chi connectivity index (χ3n) is 6.39. The molecule has 36 heavy (non-hydrogen) atoms. The molecule has 10 nitrogen and oxygen atoms in total. The molecule has 0 bridgehead atoms. The number of nitrogens with zero attached hydrogens (tertiary/aromatic N) is 6. The molecular weight excluding hydrogens is 467 g/mol. The Bertz CT molecular complexity index is 1440. The second kappa shape index (κ2) is 9.23. The van der Waals surface area contributed by atoms with E-state index in [2.05, 4.69) is 9.97 Å². The number of anilines is 1. The van der Waals surface area contributed by atoms with Crippen LogP contribution in [0.2, 0.25) is 0 Å². The van der Waals surface area contributed by atoms with E-state index in [-0.39, 0.29) is 5.82 Å². The van der Waals surface area contributed by atoms with E-state index >= 15 is 0 Å². The first kappa shape index (κ1) is 23.7. The first-order chi connectivity index (χ1) is 17.3. The highest BCUT2D eigenvalue weighted by molar-refractivity contribution is 5.92. The Morgan fingerprint density at radius 3 is 2.72 bits per heavy atom. The van der Waals surface area contributed by atoms with Crippen molar-refractivity contribution >= 4 is 33.8 Å². The van der Waals surface area contributed by atoms with Crippen LogP contribution in [0.3, 0.4) is 0 Å². The minimum absolute atomic E-state index is 0.307. The minimum Gasteiger partial charge on any atom is -0.489 e. The molecule has 4 heterocycles. The minimum atomic E-state index is -0.964. The molecule has 1 aliphatic rings. The van der Waals surface area contributed by atoms with Crippen LogP contribution in [0.4, 0.5) is 14.9 Å². The molecule has 0 spiro atoms. The first-order valence-corrected chi connectivity index (χ1v) is 11.6. The lowest BCUT2D eigenvalue weighted by Gasteiger charge is -2.46. The fourth-order valence-electron chi connectivity index (χ4n) is 4.67. The predicted octanol–water partition coefficient (Wildman–Crippen LogP) is 3.71. The molecular formula is C25H27FN6O4. The number of pyridine rings is 2. The molecule has 0 aliphatic carbocycles. The molecule has 1 fully saturated rings. The van der Waals surface area contributed by atoms with Crippen LogP contribution < -0.4 is 9.64 Å². The average Bonchev–Trinajstić information content (AvgIpc) is 3.27. The summed E-state index contributed by atoms with van der Waals surface area (Å²) in [5.74, 6) is 0.791. The summed E-state index contributed by atoms with van der Waals surface area (Å²) in [6.07, 6.45) is 2.32. The van der Waals surface area contributed by atoms with Crippen molar-refractivity contribution in [1.82, 2.24) is 24.4 Å². The largest absolute Gasteiger partial charge is 0.489 e. The average molecular weight is 495 g/mol. The molecule has 0 saturated carbocycles. The van der Waals surface area contributed by atoms with Crippen molar-refractivity contribution in [2.24, 2.45) is 0 Å². The molecule has 11 heteroatoms. The van der Waals surface area contributed by atoms with Crippen LogP contribution >= 0.6 is 0 Å². The lowest BCUT2D eigenvalue weighted by atomic mass is 9.98. The number of ether oxygens (including phenoxy) is 2. The molecule has 5 rings (SSSR count). The van der Waals surface area contributed by atoms with Crippen LogP contribution in [-0.2, 0) is 4.74 Å². The topological polar surface area (TPSA) is 106 Å². The normalized spacial score (nSPS) is 15.6. The zero-order chi connectivity index (χ0) is 25.4. The fraction of sp³-hybridized carbons (Fsp3) is 0.360. The van der Waals surface area contributed by atoms with Gasteiger partial charge in [0.05, 0.1) is 23.3 Å². The lowest BCUT2D eigenvalue weighted by Crippen LogP contribution is -2.61. The van der Waals surface area contributed by atoms with Crippen molar-refractivity contribution < 1.29 is 23.8 Å². The quantitative estimate of drug-likeness (QED) is 0.405. The highest BCUT2D eigenvalue weighted by atomic mass is 19.1. The third kappa shape index (κ3) is 4.26. The number of methoxy groups -OCH3 is 1. The van der Waals surface area contributed by atoms with Gasteiger partial charge in [-0.25, -0.2) is 24.1 Å². The summed E-state index contributed by atoms with van der Waals surface area (Å²) in [5, 5.41) is 10.2. The van der Waals surface area contributed by atoms with E-state index < -0.39 is 11.6 Å². The lowest BCUT2D eigenvalue weighted by molar-refractivity contribution is 0.0845. The molecule has 3 aromatic heterocycles. The van der Waals surface area contributed by atoms with E-state index in [1.165, 1.54) is 17.0 Å². The maximum absolute atomic E-state index is 14.6. The Morgan fingerprint density at radius 2 is 1.97 bits per heavy atom. The van der Waals surface area contributed by atoms with Crippen LogP contribution in [0, 0.1) is 5.82 Å². The van der Waals surface area contributed by atoms with Crippen LogP contribution in [0.15, 0.2) is 42.9 Å². The van der Waals surface area contributed by atoms with Crippen LogP contribution in [0.25, 0.3) is 27.9 Å². The van der Waals surface area contributed by atoms with Gasteiger partial charge in [-0.1, -0.05) is 0 Å². The summed E-state index contributed by atoms with van der Waals surface area (Å²) in [5.41, 5.74) is 1.76. The van der Waals surface area contributed by atoms with Crippen molar-refractivity contribution in [2.75, 3.05) is 44.9 Å². The Morgan fingerprint density at radius 1 is 1.14 bits per heavy atom. The number of benzene rings is 1. The van der Waals surface area contributed by atoms with Crippen molar-refractivity contribution in [1.29, 1.82) is 0 Å². The molecule has 0 atom stereocenters. The number of imidazole rings is 1. The molecule has 1 aromatic carbocycles. The first-order valence-electron chi connectivity index (χ1n) is 11.6. The highest BCUT2D eigenvalue weighted by Crippen LogP contribution is 2.33. The van der Waals surface area contributed by atoms with E-state index in [4.69, 9.17) is 14.5 Å². The van der Waals surface area contributed by atoms with Crippen LogP contribution in [0.5, 0.6) is 5.75 Å². The van der Waals surface area contributed by atoms with Gasteiger partial charge in [-0.05, 0) is 38.1 Å². The van der Waals surface area contributed by atoms with Gasteiger partial charge < -0.3 is 19.5 Å². The Balaban J connectivity index is 1.55. The molecule has 1 saturated heterocycles. The number of halogens is 1. The van der Waals surface area contributed by atoms with E-state index in [0.29, 0.717) is 72.2 Å². The number of aromatic nitrogens is 4. The smallest absolute Gasteiger partial charge is 0.407 e. The number of hydrogen-bond donors (Lipinski definition) is 1. The summed E-state index contributed by atoms with van der Waals surface area (Å²) >= 11 is 0. The summed E-state index contributed by atoms with van der Waals surface area (Å²) in [7, 11) is 1.61. The molecule has 1 N–H and O–H groups in total. The number of carboxylic acid groups (broad SMARTS) is 1. The molecule has 188 valence electrons. The van der Waals surface area contributed by atoms with E-state index in [9.17, 15) is 14.3 Å². The van der Waals surface area contributed by atoms with Gasteiger partial charge in [-0.2, -0.15) is 0 Å². The molecule has 1 aliphatic heterocycles. The zero-order valence-corrected chi connectivity index (χ0v) is 20.3. The van der Waals surface area contributed by atoms with Crippen LogP contribution in [-0.4, -0.2) is 81.1 Å². The van der Waals surface area contributed by atoms with Gasteiger partial charge in [0.2, 0.25) is 0 Å². The SMILES string of the molecule is COCCOc1ccnc2c1ncn2-c1ccc2cc(F)cc(N3CCN(C(=O)O)C(C)(C)C3)c2n1. The summed E-state index contributed by atoms with van der Waals surface area (Å²) in [6, 6.07) is 8.26. The van der Waals surface area contributed by atoms with Crippen molar-refractivity contribution in [3.63, 3.8) is 0 Å². The number of hydrogen-bond acceptors (Lipinski definition) is 7. The number of amides is 1. The second-order valence-electron chi connectivity index (χ2n) is 9.27. The van der Waals surface area contributed by atoms with Crippen molar-refractivity contribution in [2.45, 2.75) is 19.4 Å².